The van der Waals surface area contributed by atoms with Crippen molar-refractivity contribution in [1.82, 2.24) is 0 Å². The van der Waals surface area contributed by atoms with Gasteiger partial charge >= 0.3 is 0 Å². The summed E-state index contributed by atoms with van der Waals surface area (Å²) >= 11 is 0. The van der Waals surface area contributed by atoms with Crippen LogP contribution in [0.3, 0.4) is 0 Å². The molecule has 0 bridgehead atoms. The highest BCUT2D eigenvalue weighted by molar-refractivity contribution is 5.48. The maximum atomic E-state index is 8.97. The summed E-state index contributed by atoms with van der Waals surface area (Å²) in [5.74, 6) is 0.904. The molecule has 1 atom stereocenters. The molecule has 0 heterocycles. The zero-order valence-electron chi connectivity index (χ0n) is 13.1. The van der Waals surface area contributed by atoms with E-state index in [1.54, 1.807) is 0 Å². The van der Waals surface area contributed by atoms with Crippen molar-refractivity contribution in [2.75, 3.05) is 11.9 Å². The third-order valence-electron chi connectivity index (χ3n) is 3.36. The van der Waals surface area contributed by atoms with Gasteiger partial charge in [-0.05, 0) is 52.2 Å². The lowest BCUT2D eigenvalue weighted by Crippen LogP contribution is -2.12. The molecule has 1 N–H and O–H groups in total. The maximum absolute atomic E-state index is 8.97. The van der Waals surface area contributed by atoms with E-state index >= 15 is 0 Å². The molecule has 0 spiro atoms. The first-order valence-electron chi connectivity index (χ1n) is 7.38. The van der Waals surface area contributed by atoms with Gasteiger partial charge in [0.15, 0.2) is 0 Å². The van der Waals surface area contributed by atoms with Crippen molar-refractivity contribution in [2.24, 2.45) is 5.41 Å². The molecule has 110 valence electrons. The molecule has 0 aliphatic carbocycles. The van der Waals surface area contributed by atoms with Crippen molar-refractivity contribution in [3.63, 3.8) is 0 Å². The lowest BCUT2D eigenvalue weighted by Gasteiger charge is -2.16. The Kier molecular flexibility index (Phi) is 6.38. The first kappa shape index (κ1) is 16.4. The molecule has 0 aromatic heterocycles. The second-order valence-corrected chi connectivity index (χ2v) is 5.89. The zero-order chi connectivity index (χ0) is 15.0. The molecule has 3 heteroatoms. The quantitative estimate of drug-likeness (QED) is 0.704. The Hall–Kier alpha value is -1.69. The molecule has 1 aromatic rings. The fourth-order valence-electron chi connectivity index (χ4n) is 1.81. The third-order valence-corrected chi connectivity index (χ3v) is 3.36. The van der Waals surface area contributed by atoms with Crippen LogP contribution in [0.1, 0.15) is 47.0 Å². The van der Waals surface area contributed by atoms with Crippen LogP contribution in [0.4, 0.5) is 5.69 Å². The van der Waals surface area contributed by atoms with E-state index in [0.29, 0.717) is 0 Å². The molecule has 1 unspecified atom stereocenters. The molecule has 20 heavy (non-hydrogen) atoms. The number of hydrogen-bond acceptors (Lipinski definition) is 3. The van der Waals surface area contributed by atoms with E-state index in [1.165, 1.54) is 0 Å². The van der Waals surface area contributed by atoms with Gasteiger partial charge in [0.25, 0.3) is 0 Å². The van der Waals surface area contributed by atoms with E-state index in [4.69, 9.17) is 10.00 Å². The molecule has 0 aliphatic heterocycles. The maximum Gasteiger partial charge on any atom is 0.121 e. The van der Waals surface area contributed by atoms with E-state index in [9.17, 15) is 0 Å². The van der Waals surface area contributed by atoms with Gasteiger partial charge < -0.3 is 10.1 Å². The summed E-state index contributed by atoms with van der Waals surface area (Å²) in [5, 5.41) is 12.4. The minimum absolute atomic E-state index is 0.233. The third kappa shape index (κ3) is 5.97. The average Bonchev–Trinajstić information content (AvgIpc) is 2.44. The van der Waals surface area contributed by atoms with Gasteiger partial charge in [0.2, 0.25) is 0 Å². The predicted molar refractivity (Wildman–Crippen MR) is 83.9 cm³/mol. The Morgan fingerprint density at radius 3 is 2.80 bits per heavy atom. The lowest BCUT2D eigenvalue weighted by molar-refractivity contribution is 0.217. The molecule has 1 rings (SSSR count). The molecule has 3 nitrogen and oxygen atoms in total. The van der Waals surface area contributed by atoms with E-state index in [1.807, 2.05) is 38.1 Å². The number of anilines is 1. The smallest absolute Gasteiger partial charge is 0.121 e. The summed E-state index contributed by atoms with van der Waals surface area (Å²) in [6, 6.07) is 10.4. The second kappa shape index (κ2) is 7.79. The Labute approximate surface area is 123 Å². The van der Waals surface area contributed by atoms with Crippen molar-refractivity contribution < 1.29 is 4.74 Å². The molecular formula is C17H26N2O. The van der Waals surface area contributed by atoms with Gasteiger partial charge in [-0.25, -0.2) is 0 Å². The summed E-state index contributed by atoms with van der Waals surface area (Å²) in [6.45, 7) is 9.02. The van der Waals surface area contributed by atoms with Crippen LogP contribution >= 0.6 is 0 Å². The predicted octanol–water partition coefficient (Wildman–Crippen LogP) is 4.61. The van der Waals surface area contributed by atoms with Gasteiger partial charge in [-0.1, -0.05) is 13.0 Å². The van der Waals surface area contributed by atoms with Crippen LogP contribution < -0.4 is 10.1 Å². The summed E-state index contributed by atoms with van der Waals surface area (Å²) < 4.78 is 5.80. The summed E-state index contributed by atoms with van der Waals surface area (Å²) in [5.41, 5.74) is 0.837. The SMILES string of the molecule is CCC(C)Oc1cccc(NCCCC(C)(C)C#N)c1. The topological polar surface area (TPSA) is 45.0 Å². The Bertz CT molecular complexity index is 449. The number of nitrogens with one attached hydrogen (secondary N) is 1. The highest BCUT2D eigenvalue weighted by Crippen LogP contribution is 2.22. The van der Waals surface area contributed by atoms with Crippen molar-refractivity contribution in [2.45, 2.75) is 53.1 Å². The van der Waals surface area contributed by atoms with Crippen LogP contribution in [0, 0.1) is 16.7 Å². The zero-order valence-corrected chi connectivity index (χ0v) is 13.1. The molecule has 0 aliphatic rings. The van der Waals surface area contributed by atoms with Crippen molar-refractivity contribution in [3.8, 4) is 11.8 Å². The number of benzene rings is 1. The van der Waals surface area contributed by atoms with Crippen molar-refractivity contribution in [3.05, 3.63) is 24.3 Å². The number of hydrogen-bond donors (Lipinski definition) is 1. The van der Waals surface area contributed by atoms with Crippen molar-refractivity contribution in [1.29, 1.82) is 5.26 Å². The van der Waals surface area contributed by atoms with Crippen LogP contribution in [0.5, 0.6) is 5.75 Å². The average molecular weight is 274 g/mol. The lowest BCUT2D eigenvalue weighted by atomic mass is 9.90. The van der Waals surface area contributed by atoms with Crippen LogP contribution in [0.2, 0.25) is 0 Å². The van der Waals surface area contributed by atoms with E-state index in [-0.39, 0.29) is 11.5 Å². The second-order valence-electron chi connectivity index (χ2n) is 5.89. The molecule has 0 radical (unpaired) electrons. The first-order valence-corrected chi connectivity index (χ1v) is 7.38. The Morgan fingerprint density at radius 1 is 1.40 bits per heavy atom. The number of nitrogens with zero attached hydrogens (tertiary/aromatic N) is 1. The van der Waals surface area contributed by atoms with E-state index in [0.717, 1.165) is 37.2 Å². The molecular weight excluding hydrogens is 248 g/mol. The van der Waals surface area contributed by atoms with Crippen molar-refractivity contribution >= 4 is 5.69 Å². The Morgan fingerprint density at radius 2 is 2.15 bits per heavy atom. The summed E-state index contributed by atoms with van der Waals surface area (Å²) in [6.07, 6.45) is 3.12. The highest BCUT2D eigenvalue weighted by Gasteiger charge is 2.15. The van der Waals surface area contributed by atoms with Gasteiger partial charge in [-0.3, -0.25) is 0 Å². The fourth-order valence-corrected chi connectivity index (χ4v) is 1.81. The molecule has 1 aromatic carbocycles. The van der Waals surface area contributed by atoms with E-state index < -0.39 is 0 Å². The van der Waals surface area contributed by atoms with Crippen LogP contribution in [-0.4, -0.2) is 12.6 Å². The minimum Gasteiger partial charge on any atom is -0.491 e. The highest BCUT2D eigenvalue weighted by atomic mass is 16.5. The van der Waals surface area contributed by atoms with Gasteiger partial charge in [-0.15, -0.1) is 0 Å². The monoisotopic (exact) mass is 274 g/mol. The van der Waals surface area contributed by atoms with Gasteiger partial charge in [0.05, 0.1) is 17.6 Å². The number of rotatable bonds is 8. The van der Waals surface area contributed by atoms with Crippen LogP contribution in [-0.2, 0) is 0 Å². The van der Waals surface area contributed by atoms with Crippen LogP contribution in [0.25, 0.3) is 0 Å². The first-order chi connectivity index (χ1) is 9.46. The molecule has 0 fully saturated rings. The van der Waals surface area contributed by atoms with Gasteiger partial charge in [-0.2, -0.15) is 5.26 Å². The molecule has 0 saturated carbocycles. The van der Waals surface area contributed by atoms with E-state index in [2.05, 4.69) is 25.2 Å². The number of ether oxygens (including phenoxy) is 1. The Balaban J connectivity index is 2.41. The summed E-state index contributed by atoms with van der Waals surface area (Å²) in [7, 11) is 0. The van der Waals surface area contributed by atoms with Gasteiger partial charge in [0, 0.05) is 18.3 Å². The van der Waals surface area contributed by atoms with Gasteiger partial charge in [0.1, 0.15) is 5.75 Å². The largest absolute Gasteiger partial charge is 0.491 e. The fraction of sp³-hybridized carbons (Fsp3) is 0.588. The summed E-state index contributed by atoms with van der Waals surface area (Å²) in [4.78, 5) is 0. The number of nitriles is 1. The minimum atomic E-state index is -0.233. The standard InChI is InChI=1S/C17H26N2O/c1-5-14(2)20-16-9-6-8-15(12-16)19-11-7-10-17(3,4)13-18/h6,8-9,12,14,19H,5,7,10-11H2,1-4H3. The normalized spacial score (nSPS) is 12.6. The molecule has 0 amide bonds. The molecule has 0 saturated heterocycles. The van der Waals surface area contributed by atoms with Crippen LogP contribution in [0.15, 0.2) is 24.3 Å².